The molecule has 0 radical (unpaired) electrons. The van der Waals surface area contributed by atoms with Crippen LogP contribution in [-0.2, 0) is 11.2 Å². The molecule has 0 aliphatic carbocycles. The fraction of sp³-hybridized carbons (Fsp3) is 0.0455. The largest absolute Gasteiger partial charge is 0.426 e. The Morgan fingerprint density at radius 2 is 1.82 bits per heavy atom. The molecular formula is C22H17N3O2S. The lowest BCUT2D eigenvalue weighted by atomic mass is 10.2. The minimum Gasteiger partial charge on any atom is -0.426 e. The Kier molecular flexibility index (Phi) is 5.40. The summed E-state index contributed by atoms with van der Waals surface area (Å²) >= 11 is 1.49. The number of anilines is 2. The Morgan fingerprint density at radius 1 is 0.964 bits per heavy atom. The summed E-state index contributed by atoms with van der Waals surface area (Å²) < 4.78 is 5.47. The van der Waals surface area contributed by atoms with Crippen LogP contribution in [0.4, 0.5) is 10.8 Å². The molecule has 0 bridgehead atoms. The molecule has 0 unspecified atom stereocenters. The molecule has 2 aromatic heterocycles. The van der Waals surface area contributed by atoms with Gasteiger partial charge >= 0.3 is 5.97 Å². The summed E-state index contributed by atoms with van der Waals surface area (Å²) in [6.07, 6.45) is 1.98. The van der Waals surface area contributed by atoms with Gasteiger partial charge in [0.1, 0.15) is 11.4 Å². The molecule has 138 valence electrons. The van der Waals surface area contributed by atoms with Crippen LogP contribution in [0.2, 0.25) is 0 Å². The summed E-state index contributed by atoms with van der Waals surface area (Å²) in [7, 11) is 0. The van der Waals surface area contributed by atoms with Crippen molar-refractivity contribution in [3.63, 3.8) is 0 Å². The van der Waals surface area contributed by atoms with Crippen LogP contribution in [0.25, 0.3) is 11.4 Å². The highest BCUT2D eigenvalue weighted by atomic mass is 32.1. The maximum atomic E-state index is 12.2. The minimum absolute atomic E-state index is 0.235. The van der Waals surface area contributed by atoms with E-state index in [2.05, 4.69) is 15.3 Å². The highest BCUT2D eigenvalue weighted by molar-refractivity contribution is 7.14. The number of aromatic nitrogens is 2. The van der Waals surface area contributed by atoms with E-state index in [4.69, 9.17) is 4.74 Å². The molecule has 0 aliphatic rings. The number of nitrogens with one attached hydrogen (secondary N) is 1. The van der Waals surface area contributed by atoms with E-state index in [1.54, 1.807) is 18.3 Å². The predicted octanol–water partition coefficient (Wildman–Crippen LogP) is 5.10. The summed E-state index contributed by atoms with van der Waals surface area (Å²) in [5.74, 6) is 0.197. The minimum atomic E-state index is -0.296. The van der Waals surface area contributed by atoms with E-state index >= 15 is 0 Å². The van der Waals surface area contributed by atoms with E-state index in [1.165, 1.54) is 11.3 Å². The predicted molar refractivity (Wildman–Crippen MR) is 111 cm³/mol. The Balaban J connectivity index is 1.41. The normalized spacial score (nSPS) is 10.4. The van der Waals surface area contributed by atoms with Crippen LogP contribution in [0.1, 0.15) is 5.56 Å². The SMILES string of the molecule is O=C(Cc1ccccc1)Oc1cccc(Nc2nc(-c3ccccn3)cs2)c1. The van der Waals surface area contributed by atoms with Crippen molar-refractivity contribution in [2.75, 3.05) is 5.32 Å². The van der Waals surface area contributed by atoms with Crippen LogP contribution in [0.3, 0.4) is 0 Å². The van der Waals surface area contributed by atoms with Crippen LogP contribution < -0.4 is 10.1 Å². The number of ether oxygens (including phenoxy) is 1. The summed E-state index contributed by atoms with van der Waals surface area (Å²) in [6, 6.07) is 22.5. The van der Waals surface area contributed by atoms with Crippen molar-refractivity contribution in [3.05, 3.63) is 89.9 Å². The van der Waals surface area contributed by atoms with E-state index in [-0.39, 0.29) is 12.4 Å². The molecule has 0 saturated heterocycles. The zero-order chi connectivity index (χ0) is 19.2. The first kappa shape index (κ1) is 17.9. The highest BCUT2D eigenvalue weighted by Gasteiger charge is 2.09. The van der Waals surface area contributed by atoms with Gasteiger partial charge in [-0.25, -0.2) is 4.98 Å². The fourth-order valence-corrected chi connectivity index (χ4v) is 3.38. The van der Waals surface area contributed by atoms with Gasteiger partial charge in [-0.2, -0.15) is 0 Å². The van der Waals surface area contributed by atoms with Gasteiger partial charge in [-0.05, 0) is 29.8 Å². The first-order valence-electron chi connectivity index (χ1n) is 8.75. The molecule has 0 atom stereocenters. The summed E-state index contributed by atoms with van der Waals surface area (Å²) in [4.78, 5) is 21.0. The number of nitrogens with zero attached hydrogens (tertiary/aromatic N) is 2. The number of esters is 1. The highest BCUT2D eigenvalue weighted by Crippen LogP contribution is 2.27. The molecule has 0 aliphatic heterocycles. The summed E-state index contributed by atoms with van der Waals surface area (Å²) in [5, 5.41) is 5.94. The second-order valence-corrected chi connectivity index (χ2v) is 6.90. The van der Waals surface area contributed by atoms with Gasteiger partial charge in [0.2, 0.25) is 0 Å². The molecule has 0 fully saturated rings. The van der Waals surface area contributed by atoms with Crippen molar-refractivity contribution in [2.24, 2.45) is 0 Å². The zero-order valence-corrected chi connectivity index (χ0v) is 15.7. The summed E-state index contributed by atoms with van der Waals surface area (Å²) in [5.41, 5.74) is 3.37. The van der Waals surface area contributed by atoms with E-state index in [1.807, 2.05) is 66.0 Å². The van der Waals surface area contributed by atoms with Crippen molar-refractivity contribution in [1.82, 2.24) is 9.97 Å². The van der Waals surface area contributed by atoms with Crippen molar-refractivity contribution in [2.45, 2.75) is 6.42 Å². The molecular weight excluding hydrogens is 370 g/mol. The van der Waals surface area contributed by atoms with E-state index in [0.29, 0.717) is 5.75 Å². The fourth-order valence-electron chi connectivity index (χ4n) is 2.65. The smallest absolute Gasteiger partial charge is 0.315 e. The lowest BCUT2D eigenvalue weighted by Crippen LogP contribution is -2.11. The van der Waals surface area contributed by atoms with Crippen molar-refractivity contribution in [1.29, 1.82) is 0 Å². The third kappa shape index (κ3) is 4.61. The van der Waals surface area contributed by atoms with Gasteiger partial charge in [0, 0.05) is 23.3 Å². The topological polar surface area (TPSA) is 64.1 Å². The van der Waals surface area contributed by atoms with Crippen LogP contribution in [0.5, 0.6) is 5.75 Å². The molecule has 6 heteroatoms. The molecule has 4 rings (SSSR count). The standard InChI is InChI=1S/C22H17N3O2S/c26-21(13-16-7-2-1-3-8-16)27-18-10-6-9-17(14-18)24-22-25-20(15-28-22)19-11-4-5-12-23-19/h1-12,14-15H,13H2,(H,24,25). The van der Waals surface area contributed by atoms with E-state index < -0.39 is 0 Å². The number of carbonyl (C=O) groups is 1. The maximum Gasteiger partial charge on any atom is 0.315 e. The van der Waals surface area contributed by atoms with Crippen molar-refractivity contribution >= 4 is 28.1 Å². The second kappa shape index (κ2) is 8.45. The Bertz CT molecular complexity index is 1070. The average molecular weight is 387 g/mol. The monoisotopic (exact) mass is 387 g/mol. The summed E-state index contributed by atoms with van der Waals surface area (Å²) in [6.45, 7) is 0. The number of rotatable bonds is 6. The quantitative estimate of drug-likeness (QED) is 0.368. The third-order valence-electron chi connectivity index (χ3n) is 3.94. The van der Waals surface area contributed by atoms with Crippen LogP contribution in [-0.4, -0.2) is 15.9 Å². The van der Waals surface area contributed by atoms with Crippen LogP contribution in [0, 0.1) is 0 Å². The van der Waals surface area contributed by atoms with Gasteiger partial charge in [0.05, 0.1) is 12.1 Å². The second-order valence-electron chi connectivity index (χ2n) is 6.04. The first-order valence-corrected chi connectivity index (χ1v) is 9.63. The van der Waals surface area contributed by atoms with Crippen LogP contribution in [0.15, 0.2) is 84.4 Å². The number of hydrogen-bond donors (Lipinski definition) is 1. The Morgan fingerprint density at radius 3 is 2.64 bits per heavy atom. The van der Waals surface area contributed by atoms with Gasteiger partial charge in [0.15, 0.2) is 5.13 Å². The van der Waals surface area contributed by atoms with E-state index in [0.717, 1.165) is 27.8 Å². The molecule has 1 N–H and O–H groups in total. The third-order valence-corrected chi connectivity index (χ3v) is 4.70. The number of thiazole rings is 1. The molecule has 2 heterocycles. The van der Waals surface area contributed by atoms with Gasteiger partial charge in [-0.15, -0.1) is 11.3 Å². The molecule has 28 heavy (non-hydrogen) atoms. The van der Waals surface area contributed by atoms with Gasteiger partial charge in [0.25, 0.3) is 0 Å². The number of benzene rings is 2. The first-order chi connectivity index (χ1) is 13.8. The Labute approximate surface area is 166 Å². The lowest BCUT2D eigenvalue weighted by Gasteiger charge is -2.07. The van der Waals surface area contributed by atoms with Gasteiger partial charge < -0.3 is 10.1 Å². The average Bonchev–Trinajstić information content (AvgIpc) is 3.18. The van der Waals surface area contributed by atoms with Crippen molar-refractivity contribution < 1.29 is 9.53 Å². The molecule has 0 spiro atoms. The number of carbonyl (C=O) groups excluding carboxylic acids is 1. The zero-order valence-electron chi connectivity index (χ0n) is 14.9. The van der Waals surface area contributed by atoms with Gasteiger partial charge in [-0.1, -0.05) is 42.5 Å². The van der Waals surface area contributed by atoms with Crippen molar-refractivity contribution in [3.8, 4) is 17.1 Å². The lowest BCUT2D eigenvalue weighted by molar-refractivity contribution is -0.133. The molecule has 5 nitrogen and oxygen atoms in total. The van der Waals surface area contributed by atoms with E-state index in [9.17, 15) is 4.79 Å². The number of pyridine rings is 1. The molecule has 0 saturated carbocycles. The molecule has 0 amide bonds. The van der Waals surface area contributed by atoms with Gasteiger partial charge in [-0.3, -0.25) is 9.78 Å². The Hall–Kier alpha value is -3.51. The molecule has 4 aromatic rings. The number of hydrogen-bond acceptors (Lipinski definition) is 6. The maximum absolute atomic E-state index is 12.2. The molecule has 2 aromatic carbocycles. The van der Waals surface area contributed by atoms with Crippen LogP contribution >= 0.6 is 11.3 Å².